The van der Waals surface area contributed by atoms with Crippen LogP contribution in [0.2, 0.25) is 0 Å². The molecule has 4 aromatic rings. The first-order chi connectivity index (χ1) is 15.3. The van der Waals surface area contributed by atoms with Crippen molar-refractivity contribution in [3.63, 3.8) is 0 Å². The summed E-state index contributed by atoms with van der Waals surface area (Å²) in [6.07, 6.45) is 5.01. The van der Waals surface area contributed by atoms with E-state index in [4.69, 9.17) is 15.5 Å². The summed E-state index contributed by atoms with van der Waals surface area (Å²) in [7, 11) is 1.75. The Kier molecular flexibility index (Phi) is 4.81. The number of nitrogens with zero attached hydrogens (tertiary/aromatic N) is 5. The van der Waals surface area contributed by atoms with Crippen molar-refractivity contribution >= 4 is 33.4 Å². The van der Waals surface area contributed by atoms with E-state index in [0.29, 0.717) is 40.7 Å². The highest BCUT2D eigenvalue weighted by Crippen LogP contribution is 2.38. The number of halogens is 1. The lowest BCUT2D eigenvalue weighted by atomic mass is 9.92. The van der Waals surface area contributed by atoms with Gasteiger partial charge < -0.3 is 25.7 Å². The summed E-state index contributed by atoms with van der Waals surface area (Å²) in [6, 6.07) is 3.10. The van der Waals surface area contributed by atoms with Gasteiger partial charge in [0.05, 0.1) is 29.0 Å². The van der Waals surface area contributed by atoms with Gasteiger partial charge in [-0.15, -0.1) is 0 Å². The Hall–Kier alpha value is -3.53. The molecule has 1 unspecified atom stereocenters. The molecule has 5 rings (SSSR count). The number of ether oxygens (including phenoxy) is 1. The van der Waals surface area contributed by atoms with Crippen molar-refractivity contribution in [2.24, 2.45) is 5.73 Å². The standard InChI is InChI=1S/C22H25FN8O/c1-12-26-9-14(10-27-12)32-21-29-19-17(15-7-13(23)8-16(25-3)18(15)28-19)20(30-21)31-6-4-5-22(2,24)11-31/h7-10,25H,4-6,11,24H2,1-3H3,(H,28,29,30). The maximum absolute atomic E-state index is 14.4. The number of aromatic amines is 1. The van der Waals surface area contributed by atoms with Crippen molar-refractivity contribution < 1.29 is 9.13 Å². The Morgan fingerprint density at radius 3 is 2.75 bits per heavy atom. The van der Waals surface area contributed by atoms with Gasteiger partial charge in [0.1, 0.15) is 23.1 Å². The number of nitrogens with two attached hydrogens (primary N) is 1. The van der Waals surface area contributed by atoms with Gasteiger partial charge >= 0.3 is 6.01 Å². The van der Waals surface area contributed by atoms with Crippen LogP contribution in [-0.4, -0.2) is 50.6 Å². The molecule has 166 valence electrons. The lowest BCUT2D eigenvalue weighted by Gasteiger charge is -2.38. The summed E-state index contributed by atoms with van der Waals surface area (Å²) in [6.45, 7) is 5.24. The largest absolute Gasteiger partial charge is 0.421 e. The van der Waals surface area contributed by atoms with Crippen molar-refractivity contribution in [3.8, 4) is 11.8 Å². The fourth-order valence-corrected chi connectivity index (χ4v) is 4.28. The first-order valence-electron chi connectivity index (χ1n) is 10.5. The van der Waals surface area contributed by atoms with Gasteiger partial charge in [0.2, 0.25) is 0 Å². The van der Waals surface area contributed by atoms with Crippen LogP contribution in [0, 0.1) is 12.7 Å². The Balaban J connectivity index is 1.71. The van der Waals surface area contributed by atoms with Crippen LogP contribution in [0.1, 0.15) is 25.6 Å². The van der Waals surface area contributed by atoms with Crippen molar-refractivity contribution in [1.29, 1.82) is 0 Å². The Bertz CT molecular complexity index is 1300. The predicted octanol–water partition coefficient (Wildman–Crippen LogP) is 3.50. The number of piperidine rings is 1. The topological polar surface area (TPSA) is 118 Å². The molecule has 0 radical (unpaired) electrons. The van der Waals surface area contributed by atoms with E-state index in [2.05, 4.69) is 30.2 Å². The molecule has 1 aliphatic rings. The van der Waals surface area contributed by atoms with Crippen LogP contribution in [0.3, 0.4) is 0 Å². The SMILES string of the molecule is CNc1cc(F)cc2c1[nH]c1nc(Oc3cnc(C)nc3)nc(N3CCCC(C)(N)C3)c12. The second-order valence-corrected chi connectivity index (χ2v) is 8.55. The van der Waals surface area contributed by atoms with Crippen molar-refractivity contribution in [1.82, 2.24) is 24.9 Å². The van der Waals surface area contributed by atoms with Crippen LogP contribution in [0.4, 0.5) is 15.9 Å². The molecule has 1 saturated heterocycles. The maximum Gasteiger partial charge on any atom is 0.326 e. The van der Waals surface area contributed by atoms with Gasteiger partial charge in [0.15, 0.2) is 5.75 Å². The maximum atomic E-state index is 14.4. The number of H-pyrrole nitrogens is 1. The van der Waals surface area contributed by atoms with Gasteiger partial charge in [0, 0.05) is 31.1 Å². The first-order valence-corrected chi connectivity index (χ1v) is 10.5. The Morgan fingerprint density at radius 1 is 1.25 bits per heavy atom. The number of aromatic nitrogens is 5. The third-order valence-corrected chi connectivity index (χ3v) is 5.75. The van der Waals surface area contributed by atoms with Crippen molar-refractivity contribution in [2.75, 3.05) is 30.4 Å². The van der Waals surface area contributed by atoms with E-state index in [9.17, 15) is 4.39 Å². The molecule has 0 saturated carbocycles. The van der Waals surface area contributed by atoms with E-state index in [1.54, 1.807) is 26.4 Å². The highest BCUT2D eigenvalue weighted by Gasteiger charge is 2.30. The molecule has 32 heavy (non-hydrogen) atoms. The van der Waals surface area contributed by atoms with Crippen LogP contribution < -0.4 is 20.7 Å². The van der Waals surface area contributed by atoms with Gasteiger partial charge in [-0.25, -0.2) is 14.4 Å². The molecular weight excluding hydrogens is 411 g/mol. The number of anilines is 2. The lowest BCUT2D eigenvalue weighted by molar-refractivity contribution is 0.372. The fraction of sp³-hybridized carbons (Fsp3) is 0.364. The number of rotatable bonds is 4. The van der Waals surface area contributed by atoms with Crippen LogP contribution in [0.25, 0.3) is 21.9 Å². The average Bonchev–Trinajstić information content (AvgIpc) is 3.11. The van der Waals surface area contributed by atoms with Crippen LogP contribution in [0.5, 0.6) is 11.8 Å². The summed E-state index contributed by atoms with van der Waals surface area (Å²) in [5, 5.41) is 4.48. The molecule has 0 bridgehead atoms. The molecule has 9 nitrogen and oxygen atoms in total. The fourth-order valence-electron chi connectivity index (χ4n) is 4.28. The predicted molar refractivity (Wildman–Crippen MR) is 122 cm³/mol. The van der Waals surface area contributed by atoms with Crippen molar-refractivity contribution in [3.05, 3.63) is 36.2 Å². The molecule has 3 aromatic heterocycles. The number of hydrogen-bond donors (Lipinski definition) is 3. The molecule has 1 fully saturated rings. The van der Waals surface area contributed by atoms with E-state index in [-0.39, 0.29) is 17.4 Å². The zero-order valence-corrected chi connectivity index (χ0v) is 18.2. The first kappa shape index (κ1) is 20.4. The van der Waals surface area contributed by atoms with E-state index < -0.39 is 0 Å². The van der Waals surface area contributed by atoms with Crippen LogP contribution >= 0.6 is 0 Å². The normalized spacial score (nSPS) is 19.0. The average molecular weight is 436 g/mol. The minimum absolute atomic E-state index is 0.155. The van der Waals surface area contributed by atoms with Gasteiger partial charge in [-0.3, -0.25) is 0 Å². The molecule has 1 aliphatic heterocycles. The van der Waals surface area contributed by atoms with E-state index in [0.717, 1.165) is 30.3 Å². The lowest BCUT2D eigenvalue weighted by Crippen LogP contribution is -2.52. The summed E-state index contributed by atoms with van der Waals surface area (Å²) >= 11 is 0. The second-order valence-electron chi connectivity index (χ2n) is 8.55. The number of benzene rings is 1. The van der Waals surface area contributed by atoms with Gasteiger partial charge in [-0.05, 0) is 38.8 Å². The zero-order valence-electron chi connectivity index (χ0n) is 18.2. The highest BCUT2D eigenvalue weighted by molar-refractivity contribution is 6.14. The minimum atomic E-state index is -0.352. The number of fused-ring (bicyclic) bond motifs is 3. The molecule has 1 aromatic carbocycles. The number of nitrogens with one attached hydrogen (secondary N) is 2. The van der Waals surface area contributed by atoms with Gasteiger partial charge in [-0.2, -0.15) is 9.97 Å². The Labute approximate surface area is 184 Å². The van der Waals surface area contributed by atoms with Crippen LogP contribution in [-0.2, 0) is 0 Å². The summed E-state index contributed by atoms with van der Waals surface area (Å²) in [4.78, 5) is 23.1. The molecule has 4 heterocycles. The monoisotopic (exact) mass is 436 g/mol. The molecule has 0 spiro atoms. The van der Waals surface area contributed by atoms with Crippen LogP contribution in [0.15, 0.2) is 24.5 Å². The molecule has 1 atom stereocenters. The highest BCUT2D eigenvalue weighted by atomic mass is 19.1. The van der Waals surface area contributed by atoms with E-state index in [1.807, 2.05) is 6.92 Å². The zero-order chi connectivity index (χ0) is 22.5. The van der Waals surface area contributed by atoms with E-state index in [1.165, 1.54) is 12.1 Å². The number of hydrogen-bond acceptors (Lipinski definition) is 8. The molecule has 4 N–H and O–H groups in total. The Morgan fingerprint density at radius 2 is 2.03 bits per heavy atom. The van der Waals surface area contributed by atoms with Gasteiger partial charge in [0.25, 0.3) is 0 Å². The minimum Gasteiger partial charge on any atom is -0.421 e. The number of aryl methyl sites for hydroxylation is 1. The summed E-state index contributed by atoms with van der Waals surface area (Å²) < 4.78 is 20.3. The third kappa shape index (κ3) is 3.66. The molecular formula is C22H25FN8O. The summed E-state index contributed by atoms with van der Waals surface area (Å²) in [5.74, 6) is 1.39. The smallest absolute Gasteiger partial charge is 0.326 e. The second kappa shape index (κ2) is 7.56. The van der Waals surface area contributed by atoms with E-state index >= 15 is 0 Å². The molecule has 10 heteroatoms. The van der Waals surface area contributed by atoms with Gasteiger partial charge in [-0.1, -0.05) is 0 Å². The molecule has 0 aliphatic carbocycles. The molecule has 0 amide bonds. The summed E-state index contributed by atoms with van der Waals surface area (Å²) in [5.41, 5.74) is 8.07. The van der Waals surface area contributed by atoms with Crippen molar-refractivity contribution in [2.45, 2.75) is 32.2 Å². The quantitative estimate of drug-likeness (QED) is 0.445. The third-order valence-electron chi connectivity index (χ3n) is 5.75.